The van der Waals surface area contributed by atoms with E-state index in [0.29, 0.717) is 6.47 Å². The maximum absolute atomic E-state index is 10.2. The number of ether oxygens (including phenoxy) is 1. The monoisotopic (exact) mass is 206 g/mol. The highest BCUT2D eigenvalue weighted by atomic mass is 16.5. The lowest BCUT2D eigenvalue weighted by atomic mass is 10.1. The highest BCUT2D eigenvalue weighted by molar-refractivity contribution is 5.85. The lowest BCUT2D eigenvalue weighted by Gasteiger charge is -1.99. The molecule has 0 radical (unpaired) electrons. The third kappa shape index (κ3) is 4.08. The zero-order valence-electron chi connectivity index (χ0n) is 7.92. The van der Waals surface area contributed by atoms with Gasteiger partial charge in [-0.1, -0.05) is 24.3 Å². The van der Waals surface area contributed by atoms with E-state index in [-0.39, 0.29) is 6.61 Å². The van der Waals surface area contributed by atoms with Crippen LogP contribution in [0.25, 0.3) is 6.08 Å². The van der Waals surface area contributed by atoms with Crippen LogP contribution in [0.15, 0.2) is 30.3 Å². The van der Waals surface area contributed by atoms with Crippen LogP contribution in [-0.2, 0) is 20.9 Å². The number of aliphatic carboxylic acids is 1. The summed E-state index contributed by atoms with van der Waals surface area (Å²) in [7, 11) is 0. The molecule has 1 N–H and O–H groups in total. The van der Waals surface area contributed by atoms with Crippen LogP contribution in [0.2, 0.25) is 0 Å². The molecule has 78 valence electrons. The first-order chi connectivity index (χ1) is 7.22. The van der Waals surface area contributed by atoms with Crippen molar-refractivity contribution in [1.29, 1.82) is 0 Å². The Kier molecular flexibility index (Phi) is 4.09. The lowest BCUT2D eigenvalue weighted by Crippen LogP contribution is -1.90. The van der Waals surface area contributed by atoms with Crippen molar-refractivity contribution in [2.75, 3.05) is 0 Å². The molecular weight excluding hydrogens is 196 g/mol. The summed E-state index contributed by atoms with van der Waals surface area (Å²) in [4.78, 5) is 20.2. The number of hydrogen-bond donors (Lipinski definition) is 1. The van der Waals surface area contributed by atoms with Gasteiger partial charge < -0.3 is 9.84 Å². The maximum atomic E-state index is 10.2. The fourth-order valence-electron chi connectivity index (χ4n) is 1.02. The average molecular weight is 206 g/mol. The van der Waals surface area contributed by atoms with Crippen molar-refractivity contribution >= 4 is 18.5 Å². The van der Waals surface area contributed by atoms with E-state index in [9.17, 15) is 9.59 Å². The van der Waals surface area contributed by atoms with E-state index in [1.54, 1.807) is 24.3 Å². The van der Waals surface area contributed by atoms with Gasteiger partial charge in [-0.05, 0) is 17.2 Å². The van der Waals surface area contributed by atoms with Crippen molar-refractivity contribution in [3.63, 3.8) is 0 Å². The molecule has 1 aromatic carbocycles. The van der Waals surface area contributed by atoms with Crippen molar-refractivity contribution in [3.8, 4) is 0 Å². The first-order valence-electron chi connectivity index (χ1n) is 4.27. The molecule has 0 aliphatic heterocycles. The number of carbonyl (C=O) groups is 2. The van der Waals surface area contributed by atoms with Gasteiger partial charge in [0, 0.05) is 6.08 Å². The Morgan fingerprint density at radius 1 is 1.33 bits per heavy atom. The Balaban J connectivity index is 2.63. The Labute approximate surface area is 86.8 Å². The molecule has 4 heteroatoms. The summed E-state index contributed by atoms with van der Waals surface area (Å²) >= 11 is 0. The van der Waals surface area contributed by atoms with E-state index in [1.807, 2.05) is 0 Å². The molecular formula is C11H10O4. The zero-order chi connectivity index (χ0) is 11.1. The van der Waals surface area contributed by atoms with Gasteiger partial charge in [-0.3, -0.25) is 4.79 Å². The molecule has 0 aromatic heterocycles. The summed E-state index contributed by atoms with van der Waals surface area (Å²) in [5, 5.41) is 8.40. The SMILES string of the molecule is O=COCc1ccc(C=CC(=O)O)cc1. The number of hydrogen-bond acceptors (Lipinski definition) is 3. The Morgan fingerprint density at radius 3 is 2.53 bits per heavy atom. The summed E-state index contributed by atoms with van der Waals surface area (Å²) in [5.41, 5.74) is 1.64. The standard InChI is InChI=1S/C11H10O4/c12-8-15-7-10-3-1-9(2-4-10)5-6-11(13)14/h1-6,8H,7H2,(H,13,14). The molecule has 0 unspecified atom stereocenters. The Bertz CT molecular complexity index is 365. The Hall–Kier alpha value is -2.10. The van der Waals surface area contributed by atoms with Crippen LogP contribution in [0, 0.1) is 0 Å². The number of carboxylic acids is 1. The van der Waals surface area contributed by atoms with Gasteiger partial charge in [0.25, 0.3) is 6.47 Å². The fourth-order valence-corrected chi connectivity index (χ4v) is 1.02. The van der Waals surface area contributed by atoms with Crippen LogP contribution in [0.3, 0.4) is 0 Å². The van der Waals surface area contributed by atoms with Crippen LogP contribution in [0.4, 0.5) is 0 Å². The van der Waals surface area contributed by atoms with Crippen LogP contribution in [0.5, 0.6) is 0 Å². The van der Waals surface area contributed by atoms with Gasteiger partial charge in [-0.15, -0.1) is 0 Å². The minimum Gasteiger partial charge on any atom is -0.478 e. The van der Waals surface area contributed by atoms with Crippen molar-refractivity contribution < 1.29 is 19.4 Å². The molecule has 4 nitrogen and oxygen atoms in total. The zero-order valence-corrected chi connectivity index (χ0v) is 7.92. The van der Waals surface area contributed by atoms with E-state index < -0.39 is 5.97 Å². The van der Waals surface area contributed by atoms with Gasteiger partial charge in [-0.25, -0.2) is 4.79 Å². The molecule has 0 atom stereocenters. The van der Waals surface area contributed by atoms with Gasteiger partial charge in [0.15, 0.2) is 0 Å². The summed E-state index contributed by atoms with van der Waals surface area (Å²) in [5.74, 6) is -0.983. The second-order valence-corrected chi connectivity index (χ2v) is 2.82. The van der Waals surface area contributed by atoms with Crippen LogP contribution in [0.1, 0.15) is 11.1 Å². The predicted octanol–water partition coefficient (Wildman–Crippen LogP) is 1.46. The van der Waals surface area contributed by atoms with E-state index in [0.717, 1.165) is 17.2 Å². The summed E-state index contributed by atoms with van der Waals surface area (Å²) < 4.78 is 4.56. The molecule has 0 aliphatic carbocycles. The molecule has 1 aromatic rings. The smallest absolute Gasteiger partial charge is 0.328 e. The van der Waals surface area contributed by atoms with Crippen LogP contribution < -0.4 is 0 Å². The van der Waals surface area contributed by atoms with E-state index in [4.69, 9.17) is 5.11 Å². The highest BCUT2D eigenvalue weighted by Gasteiger charge is 1.93. The number of benzene rings is 1. The Morgan fingerprint density at radius 2 is 2.00 bits per heavy atom. The first kappa shape index (κ1) is 11.0. The predicted molar refractivity (Wildman–Crippen MR) is 54.0 cm³/mol. The molecule has 0 amide bonds. The van der Waals surface area contributed by atoms with Gasteiger partial charge in [-0.2, -0.15) is 0 Å². The lowest BCUT2D eigenvalue weighted by molar-refractivity contribution is -0.131. The maximum Gasteiger partial charge on any atom is 0.328 e. The normalized spacial score (nSPS) is 10.1. The first-order valence-corrected chi connectivity index (χ1v) is 4.27. The molecule has 0 aliphatic rings. The summed E-state index contributed by atoms with van der Waals surface area (Å²) in [6.45, 7) is 0.616. The molecule has 0 saturated carbocycles. The summed E-state index contributed by atoms with van der Waals surface area (Å²) in [6, 6.07) is 7.04. The second-order valence-electron chi connectivity index (χ2n) is 2.82. The second kappa shape index (κ2) is 5.59. The fraction of sp³-hybridized carbons (Fsp3) is 0.0909. The molecule has 0 bridgehead atoms. The molecule has 1 rings (SSSR count). The number of rotatable bonds is 5. The van der Waals surface area contributed by atoms with E-state index in [1.165, 1.54) is 6.08 Å². The number of carbonyl (C=O) groups excluding carboxylic acids is 1. The van der Waals surface area contributed by atoms with E-state index in [2.05, 4.69) is 4.74 Å². The molecule has 0 saturated heterocycles. The van der Waals surface area contributed by atoms with Gasteiger partial charge in [0.05, 0.1) is 0 Å². The average Bonchev–Trinajstić information content (AvgIpc) is 2.25. The molecule has 0 heterocycles. The topological polar surface area (TPSA) is 63.6 Å². The van der Waals surface area contributed by atoms with Gasteiger partial charge >= 0.3 is 5.97 Å². The largest absolute Gasteiger partial charge is 0.478 e. The quantitative estimate of drug-likeness (QED) is 0.585. The minimum atomic E-state index is -0.983. The van der Waals surface area contributed by atoms with E-state index >= 15 is 0 Å². The molecule has 0 spiro atoms. The van der Waals surface area contributed by atoms with Crippen molar-refractivity contribution in [2.24, 2.45) is 0 Å². The van der Waals surface area contributed by atoms with Gasteiger partial charge in [0.2, 0.25) is 0 Å². The van der Waals surface area contributed by atoms with Crippen LogP contribution in [-0.4, -0.2) is 17.5 Å². The van der Waals surface area contributed by atoms with Crippen molar-refractivity contribution in [3.05, 3.63) is 41.5 Å². The van der Waals surface area contributed by atoms with Gasteiger partial charge in [0.1, 0.15) is 6.61 Å². The summed E-state index contributed by atoms with van der Waals surface area (Å²) in [6.07, 6.45) is 2.56. The van der Waals surface area contributed by atoms with Crippen molar-refractivity contribution in [1.82, 2.24) is 0 Å². The van der Waals surface area contributed by atoms with Crippen molar-refractivity contribution in [2.45, 2.75) is 6.61 Å². The third-order valence-electron chi connectivity index (χ3n) is 1.72. The third-order valence-corrected chi connectivity index (χ3v) is 1.72. The van der Waals surface area contributed by atoms with Crippen LogP contribution >= 0.6 is 0 Å². The molecule has 0 fully saturated rings. The number of carboxylic acid groups (broad SMARTS) is 1. The minimum absolute atomic E-state index is 0.229. The molecule has 15 heavy (non-hydrogen) atoms. The highest BCUT2D eigenvalue weighted by Crippen LogP contribution is 2.06.